The van der Waals surface area contributed by atoms with E-state index in [9.17, 15) is 14.7 Å². The van der Waals surface area contributed by atoms with Crippen molar-refractivity contribution in [2.24, 2.45) is 0 Å². The van der Waals surface area contributed by atoms with Gasteiger partial charge >= 0.3 is 0 Å². The van der Waals surface area contributed by atoms with Crippen molar-refractivity contribution in [2.75, 3.05) is 28.3 Å². The highest BCUT2D eigenvalue weighted by Crippen LogP contribution is 2.36. The summed E-state index contributed by atoms with van der Waals surface area (Å²) in [5, 5.41) is 11.1. The van der Waals surface area contributed by atoms with Crippen LogP contribution in [0.25, 0.3) is 22.3 Å². The van der Waals surface area contributed by atoms with Crippen LogP contribution in [0.4, 0.5) is 0 Å². The van der Waals surface area contributed by atoms with Crippen LogP contribution >= 0.6 is 0 Å². The number of methoxy groups -OCH3 is 2. The van der Waals surface area contributed by atoms with Crippen LogP contribution < -0.4 is 10.3 Å². The number of aromatic nitrogens is 2. The molecule has 1 aliphatic rings. The molecule has 1 aliphatic heterocycles. The standard InChI is InChI=1S/C23H25N3O5/c1-25(2)10-16-14-7-13-9-26-19(22(13)24-18(14)5-6-21(16)31-4)8-15(20(28)11-27)17(12-30-3)23(26)29/h5-8,11,20,28H,9-10,12H2,1-4H3. The predicted molar refractivity (Wildman–Crippen MR) is 116 cm³/mol. The van der Waals surface area contributed by atoms with Crippen LogP contribution in [0.3, 0.4) is 0 Å². The maximum atomic E-state index is 13.2. The van der Waals surface area contributed by atoms with Gasteiger partial charge in [-0.2, -0.15) is 0 Å². The van der Waals surface area contributed by atoms with Crippen molar-refractivity contribution in [3.8, 4) is 17.1 Å². The molecule has 1 N–H and O–H groups in total. The summed E-state index contributed by atoms with van der Waals surface area (Å²) in [6.45, 7) is 1.05. The molecule has 0 amide bonds. The molecule has 4 rings (SSSR count). The molecule has 1 aromatic carbocycles. The topological polar surface area (TPSA) is 93.9 Å². The normalized spacial score (nSPS) is 13.4. The highest BCUT2D eigenvalue weighted by Gasteiger charge is 2.27. The number of fused-ring (bicyclic) bond motifs is 4. The Bertz CT molecular complexity index is 1230. The van der Waals surface area contributed by atoms with Crippen LogP contribution in [-0.2, 0) is 29.2 Å². The van der Waals surface area contributed by atoms with E-state index in [1.54, 1.807) is 17.7 Å². The Kier molecular flexibility index (Phi) is 5.62. The predicted octanol–water partition coefficient (Wildman–Crippen LogP) is 1.87. The van der Waals surface area contributed by atoms with Crippen molar-refractivity contribution >= 4 is 17.2 Å². The number of aldehydes is 1. The summed E-state index contributed by atoms with van der Waals surface area (Å²) in [6.07, 6.45) is -0.988. The number of nitrogens with zero attached hydrogens (tertiary/aromatic N) is 3. The Balaban J connectivity index is 1.95. The third-order valence-electron chi connectivity index (χ3n) is 5.58. The van der Waals surface area contributed by atoms with Crippen molar-refractivity contribution in [2.45, 2.75) is 25.8 Å². The zero-order chi connectivity index (χ0) is 22.3. The maximum absolute atomic E-state index is 13.2. The third kappa shape index (κ3) is 3.52. The van der Waals surface area contributed by atoms with E-state index in [0.717, 1.165) is 27.8 Å². The average Bonchev–Trinajstić information content (AvgIpc) is 3.11. The quantitative estimate of drug-likeness (QED) is 0.454. The number of carbonyl (C=O) groups excluding carboxylic acids is 1. The lowest BCUT2D eigenvalue weighted by Crippen LogP contribution is -2.26. The smallest absolute Gasteiger partial charge is 0.257 e. The maximum Gasteiger partial charge on any atom is 0.257 e. The van der Waals surface area contributed by atoms with Crippen LogP contribution in [0.15, 0.2) is 29.1 Å². The SMILES string of the molecule is COCc1c(C(O)C=O)cc2n(c1=O)Cc1cc3c(CN(C)C)c(OC)ccc3nc1-2. The lowest BCUT2D eigenvalue weighted by Gasteiger charge is -2.16. The molecule has 0 radical (unpaired) electrons. The van der Waals surface area contributed by atoms with Gasteiger partial charge in [-0.3, -0.25) is 4.79 Å². The second-order valence-corrected chi connectivity index (χ2v) is 7.92. The molecule has 1 unspecified atom stereocenters. The number of carbonyl (C=O) groups is 1. The number of aliphatic hydroxyl groups is 1. The Morgan fingerprint density at radius 1 is 1.26 bits per heavy atom. The highest BCUT2D eigenvalue weighted by atomic mass is 16.5. The Labute approximate surface area is 179 Å². The molecular formula is C23H25N3O5. The van der Waals surface area contributed by atoms with Gasteiger partial charge in [-0.1, -0.05) is 0 Å². The molecule has 1 atom stereocenters. The Morgan fingerprint density at radius 2 is 2.03 bits per heavy atom. The molecule has 3 aromatic rings. The molecule has 31 heavy (non-hydrogen) atoms. The fourth-order valence-electron chi connectivity index (χ4n) is 4.20. The van der Waals surface area contributed by atoms with Crippen LogP contribution in [0.5, 0.6) is 5.75 Å². The second kappa shape index (κ2) is 8.22. The van der Waals surface area contributed by atoms with E-state index in [1.165, 1.54) is 7.11 Å². The van der Waals surface area contributed by atoms with Gasteiger partial charge in [0.05, 0.1) is 37.2 Å². The van der Waals surface area contributed by atoms with Crippen molar-refractivity contribution in [1.82, 2.24) is 14.5 Å². The van der Waals surface area contributed by atoms with Gasteiger partial charge in [0.1, 0.15) is 11.9 Å². The molecule has 8 heteroatoms. The summed E-state index contributed by atoms with van der Waals surface area (Å²) in [7, 11) is 7.10. The first-order valence-corrected chi connectivity index (χ1v) is 9.93. The zero-order valence-electron chi connectivity index (χ0n) is 18.0. The van der Waals surface area contributed by atoms with Crippen LogP contribution in [0, 0.1) is 0 Å². The number of ether oxygens (including phenoxy) is 2. The van der Waals surface area contributed by atoms with Gasteiger partial charge in [0.25, 0.3) is 5.56 Å². The van der Waals surface area contributed by atoms with Crippen molar-refractivity contribution in [1.29, 1.82) is 0 Å². The van der Waals surface area contributed by atoms with E-state index in [2.05, 4.69) is 11.0 Å². The molecule has 8 nitrogen and oxygen atoms in total. The number of hydrogen-bond acceptors (Lipinski definition) is 7. The largest absolute Gasteiger partial charge is 0.496 e. The second-order valence-electron chi connectivity index (χ2n) is 7.92. The average molecular weight is 423 g/mol. The molecule has 162 valence electrons. The van der Waals surface area contributed by atoms with Gasteiger partial charge in [0.2, 0.25) is 0 Å². The van der Waals surface area contributed by atoms with Gasteiger partial charge in [-0.25, -0.2) is 4.98 Å². The van der Waals surface area contributed by atoms with Gasteiger partial charge in [0.15, 0.2) is 6.29 Å². The first-order chi connectivity index (χ1) is 14.9. The van der Waals surface area contributed by atoms with Gasteiger partial charge in [-0.05, 0) is 38.4 Å². The molecule has 0 spiro atoms. The van der Waals surface area contributed by atoms with Crippen molar-refractivity contribution in [3.05, 3.63) is 56.9 Å². The minimum atomic E-state index is -1.40. The molecule has 3 heterocycles. The number of hydrogen-bond donors (Lipinski definition) is 1. The van der Waals surface area contributed by atoms with Crippen LogP contribution in [-0.4, -0.2) is 54.2 Å². The lowest BCUT2D eigenvalue weighted by atomic mass is 10.0. The minimum Gasteiger partial charge on any atom is -0.496 e. The van der Waals surface area contributed by atoms with E-state index in [4.69, 9.17) is 14.5 Å². The van der Waals surface area contributed by atoms with Crippen LogP contribution in [0.1, 0.15) is 28.4 Å². The molecule has 0 fully saturated rings. The monoisotopic (exact) mass is 423 g/mol. The molecular weight excluding hydrogens is 398 g/mol. The fraction of sp³-hybridized carbons (Fsp3) is 0.348. The summed E-state index contributed by atoms with van der Waals surface area (Å²) >= 11 is 0. The number of aliphatic hydroxyl groups excluding tert-OH is 1. The van der Waals surface area contributed by atoms with Gasteiger partial charge in [0, 0.05) is 41.3 Å². The van der Waals surface area contributed by atoms with E-state index in [1.807, 2.05) is 26.2 Å². The van der Waals surface area contributed by atoms with Gasteiger partial charge in [-0.15, -0.1) is 0 Å². The van der Waals surface area contributed by atoms with E-state index in [0.29, 0.717) is 30.8 Å². The summed E-state index contributed by atoms with van der Waals surface area (Å²) in [5.74, 6) is 0.786. The van der Waals surface area contributed by atoms with Crippen molar-refractivity contribution in [3.63, 3.8) is 0 Å². The van der Waals surface area contributed by atoms with Crippen LogP contribution in [0.2, 0.25) is 0 Å². The van der Waals surface area contributed by atoms with E-state index < -0.39 is 6.10 Å². The van der Waals surface area contributed by atoms with E-state index >= 15 is 0 Å². The molecule has 0 bridgehead atoms. The van der Waals surface area contributed by atoms with Gasteiger partial charge < -0.3 is 28.8 Å². The minimum absolute atomic E-state index is 0.00920. The summed E-state index contributed by atoms with van der Waals surface area (Å²) in [4.78, 5) is 31.3. The first-order valence-electron chi connectivity index (χ1n) is 9.93. The molecule has 0 aliphatic carbocycles. The Morgan fingerprint density at radius 3 is 2.68 bits per heavy atom. The number of pyridine rings is 2. The molecule has 0 saturated carbocycles. The Hall–Kier alpha value is -3.07. The fourth-order valence-corrected chi connectivity index (χ4v) is 4.20. The zero-order valence-corrected chi connectivity index (χ0v) is 18.0. The summed E-state index contributed by atoms with van der Waals surface area (Å²) < 4.78 is 12.3. The summed E-state index contributed by atoms with van der Waals surface area (Å²) in [6, 6.07) is 7.52. The first kappa shape index (κ1) is 21.2. The summed E-state index contributed by atoms with van der Waals surface area (Å²) in [5.41, 5.74) is 4.22. The highest BCUT2D eigenvalue weighted by molar-refractivity contribution is 5.88. The number of benzene rings is 1. The molecule has 2 aromatic heterocycles. The van der Waals surface area contributed by atoms with Crippen molar-refractivity contribution < 1.29 is 19.4 Å². The van der Waals surface area contributed by atoms with E-state index in [-0.39, 0.29) is 23.3 Å². The third-order valence-corrected chi connectivity index (χ3v) is 5.58. The number of rotatable bonds is 7. The molecule has 0 saturated heterocycles. The lowest BCUT2D eigenvalue weighted by molar-refractivity contribution is -0.115.